The van der Waals surface area contributed by atoms with Gasteiger partial charge in [0, 0.05) is 0 Å². The summed E-state index contributed by atoms with van der Waals surface area (Å²) in [6, 6.07) is 0. The molecule has 11 heavy (non-hydrogen) atoms. The SMILES string of the molecule is Oc1sc2c(c1O)OCCO2. The lowest BCUT2D eigenvalue weighted by Crippen LogP contribution is -2.13. The fourth-order valence-corrected chi connectivity index (χ4v) is 1.63. The third kappa shape index (κ3) is 0.883. The molecule has 1 aromatic rings. The molecule has 0 saturated carbocycles. The molecule has 0 amide bonds. The van der Waals surface area contributed by atoms with Crippen LogP contribution >= 0.6 is 11.3 Å². The van der Waals surface area contributed by atoms with E-state index in [9.17, 15) is 0 Å². The van der Waals surface area contributed by atoms with Gasteiger partial charge in [-0.05, 0) is 0 Å². The number of thiophene rings is 1. The van der Waals surface area contributed by atoms with Crippen molar-refractivity contribution < 1.29 is 19.7 Å². The third-order valence-corrected chi connectivity index (χ3v) is 2.23. The minimum atomic E-state index is -0.218. The first-order valence-electron chi connectivity index (χ1n) is 3.09. The molecule has 5 heteroatoms. The third-order valence-electron chi connectivity index (χ3n) is 1.36. The average molecular weight is 174 g/mol. The Bertz CT molecular complexity index is 280. The van der Waals surface area contributed by atoms with Crippen LogP contribution in [0.5, 0.6) is 21.6 Å². The number of hydrogen-bond donors (Lipinski definition) is 2. The first-order chi connectivity index (χ1) is 5.29. The Morgan fingerprint density at radius 1 is 1.18 bits per heavy atom. The predicted octanol–water partition coefficient (Wildman–Crippen LogP) is 0.930. The van der Waals surface area contributed by atoms with Gasteiger partial charge in [0.05, 0.1) is 0 Å². The van der Waals surface area contributed by atoms with E-state index in [1.807, 2.05) is 0 Å². The maximum Gasteiger partial charge on any atom is 0.224 e. The number of aromatic hydroxyl groups is 2. The average Bonchev–Trinajstić information content (AvgIpc) is 2.30. The second kappa shape index (κ2) is 2.20. The summed E-state index contributed by atoms with van der Waals surface area (Å²) in [7, 11) is 0. The van der Waals surface area contributed by atoms with Crippen molar-refractivity contribution in [3.63, 3.8) is 0 Å². The van der Waals surface area contributed by atoms with E-state index in [-0.39, 0.29) is 16.6 Å². The highest BCUT2D eigenvalue weighted by molar-refractivity contribution is 7.16. The zero-order valence-electron chi connectivity index (χ0n) is 5.53. The van der Waals surface area contributed by atoms with E-state index in [1.54, 1.807) is 0 Å². The highest BCUT2D eigenvalue weighted by Crippen LogP contribution is 2.52. The largest absolute Gasteiger partial charge is 0.501 e. The highest BCUT2D eigenvalue weighted by Gasteiger charge is 2.22. The molecular weight excluding hydrogens is 168 g/mol. The summed E-state index contributed by atoms with van der Waals surface area (Å²) in [5.41, 5.74) is 0. The maximum absolute atomic E-state index is 9.14. The van der Waals surface area contributed by atoms with Crippen molar-refractivity contribution in [2.75, 3.05) is 13.2 Å². The number of fused-ring (bicyclic) bond motifs is 1. The molecule has 60 valence electrons. The molecule has 0 atom stereocenters. The van der Waals surface area contributed by atoms with Crippen LogP contribution in [-0.2, 0) is 0 Å². The van der Waals surface area contributed by atoms with Crippen LogP contribution in [0.3, 0.4) is 0 Å². The standard InChI is InChI=1S/C6H6O4S/c7-3-4-6(11-5(3)8)10-2-1-9-4/h7-8H,1-2H2. The Labute approximate surface area is 66.6 Å². The first kappa shape index (κ1) is 6.60. The molecule has 1 aromatic heterocycles. The van der Waals surface area contributed by atoms with E-state index in [1.165, 1.54) is 0 Å². The van der Waals surface area contributed by atoms with E-state index in [2.05, 4.69) is 0 Å². The lowest BCUT2D eigenvalue weighted by molar-refractivity contribution is 0.172. The molecule has 0 saturated heterocycles. The second-order valence-corrected chi connectivity index (χ2v) is 3.03. The number of rotatable bonds is 0. The molecule has 0 aromatic carbocycles. The molecule has 1 aliphatic rings. The first-order valence-corrected chi connectivity index (χ1v) is 3.91. The van der Waals surface area contributed by atoms with Crippen LogP contribution in [0.4, 0.5) is 0 Å². The van der Waals surface area contributed by atoms with E-state index in [0.717, 1.165) is 11.3 Å². The highest BCUT2D eigenvalue weighted by atomic mass is 32.1. The van der Waals surface area contributed by atoms with Crippen molar-refractivity contribution in [1.29, 1.82) is 0 Å². The number of ether oxygens (including phenoxy) is 2. The van der Waals surface area contributed by atoms with Crippen LogP contribution in [0.1, 0.15) is 0 Å². The van der Waals surface area contributed by atoms with Crippen molar-refractivity contribution >= 4 is 11.3 Å². The van der Waals surface area contributed by atoms with Crippen LogP contribution in [-0.4, -0.2) is 23.4 Å². The van der Waals surface area contributed by atoms with Crippen LogP contribution in [0.25, 0.3) is 0 Å². The molecule has 4 nitrogen and oxygen atoms in total. The molecule has 2 rings (SSSR count). The molecule has 1 aliphatic heterocycles. The van der Waals surface area contributed by atoms with Gasteiger partial charge in [-0.15, -0.1) is 0 Å². The molecule has 2 heterocycles. The van der Waals surface area contributed by atoms with Gasteiger partial charge in [0.25, 0.3) is 0 Å². The van der Waals surface area contributed by atoms with Crippen LogP contribution in [0.2, 0.25) is 0 Å². The van der Waals surface area contributed by atoms with E-state index < -0.39 is 0 Å². The van der Waals surface area contributed by atoms with Crippen LogP contribution in [0, 0.1) is 0 Å². The zero-order chi connectivity index (χ0) is 7.84. The smallest absolute Gasteiger partial charge is 0.224 e. The Morgan fingerprint density at radius 2 is 1.91 bits per heavy atom. The lowest BCUT2D eigenvalue weighted by Gasteiger charge is -2.13. The lowest BCUT2D eigenvalue weighted by atomic mass is 10.5. The molecule has 0 radical (unpaired) electrons. The molecule has 2 N–H and O–H groups in total. The summed E-state index contributed by atoms with van der Waals surface area (Å²) in [5.74, 6) is 0.0449. The van der Waals surface area contributed by atoms with Crippen molar-refractivity contribution in [2.24, 2.45) is 0 Å². The molecule has 0 fully saturated rings. The molecule has 0 aliphatic carbocycles. The summed E-state index contributed by atoms with van der Waals surface area (Å²) >= 11 is 0.975. The normalized spacial score (nSPS) is 14.9. The van der Waals surface area contributed by atoms with Gasteiger partial charge in [-0.1, -0.05) is 11.3 Å². The van der Waals surface area contributed by atoms with Gasteiger partial charge in [-0.25, -0.2) is 0 Å². The van der Waals surface area contributed by atoms with Crippen molar-refractivity contribution in [1.82, 2.24) is 0 Å². The Morgan fingerprint density at radius 3 is 2.64 bits per heavy atom. The van der Waals surface area contributed by atoms with Crippen LogP contribution in [0.15, 0.2) is 0 Å². The fraction of sp³-hybridized carbons (Fsp3) is 0.333. The zero-order valence-corrected chi connectivity index (χ0v) is 6.35. The van der Waals surface area contributed by atoms with Gasteiger partial charge in [0.2, 0.25) is 21.6 Å². The maximum atomic E-state index is 9.14. The van der Waals surface area contributed by atoms with Gasteiger partial charge in [-0.2, -0.15) is 0 Å². The van der Waals surface area contributed by atoms with Crippen molar-refractivity contribution in [2.45, 2.75) is 0 Å². The Hall–Kier alpha value is -1.10. The van der Waals surface area contributed by atoms with Gasteiger partial charge in [0.1, 0.15) is 13.2 Å². The Balaban J connectivity index is 2.50. The second-order valence-electron chi connectivity index (χ2n) is 2.07. The summed E-state index contributed by atoms with van der Waals surface area (Å²) in [5, 5.41) is 18.5. The van der Waals surface area contributed by atoms with Crippen LogP contribution < -0.4 is 9.47 Å². The summed E-state index contributed by atoms with van der Waals surface area (Å²) < 4.78 is 10.1. The summed E-state index contributed by atoms with van der Waals surface area (Å²) in [6.45, 7) is 0.878. The van der Waals surface area contributed by atoms with E-state index >= 15 is 0 Å². The Kier molecular flexibility index (Phi) is 1.32. The van der Waals surface area contributed by atoms with E-state index in [4.69, 9.17) is 19.7 Å². The van der Waals surface area contributed by atoms with Gasteiger partial charge < -0.3 is 19.7 Å². The van der Waals surface area contributed by atoms with Gasteiger partial charge >= 0.3 is 0 Å². The van der Waals surface area contributed by atoms with Gasteiger partial charge in [0.15, 0.2) is 0 Å². The monoisotopic (exact) mass is 174 g/mol. The molecule has 0 unspecified atom stereocenters. The summed E-state index contributed by atoms with van der Waals surface area (Å²) in [6.07, 6.45) is 0. The molecule has 0 spiro atoms. The van der Waals surface area contributed by atoms with Crippen molar-refractivity contribution in [3.8, 4) is 21.6 Å². The quantitative estimate of drug-likeness (QED) is 0.614. The predicted molar refractivity (Wildman–Crippen MR) is 38.6 cm³/mol. The number of hydrogen-bond acceptors (Lipinski definition) is 5. The summed E-state index contributed by atoms with van der Waals surface area (Å²) in [4.78, 5) is 0. The van der Waals surface area contributed by atoms with Crippen molar-refractivity contribution in [3.05, 3.63) is 0 Å². The molecule has 0 bridgehead atoms. The van der Waals surface area contributed by atoms with Gasteiger partial charge in [-0.3, -0.25) is 0 Å². The van der Waals surface area contributed by atoms with E-state index in [0.29, 0.717) is 18.3 Å². The minimum absolute atomic E-state index is 0.156. The topological polar surface area (TPSA) is 58.9 Å². The minimum Gasteiger partial charge on any atom is -0.501 e. The molecular formula is C6H6O4S. The fourth-order valence-electron chi connectivity index (χ4n) is 0.877.